The van der Waals surface area contributed by atoms with Crippen molar-refractivity contribution in [3.8, 4) is 0 Å². The molecule has 1 heterocycles. The lowest BCUT2D eigenvalue weighted by Gasteiger charge is -1.93. The van der Waals surface area contributed by atoms with Gasteiger partial charge >= 0.3 is 0 Å². The van der Waals surface area contributed by atoms with Crippen LogP contribution < -0.4 is 0 Å². The number of hydrogen-bond acceptors (Lipinski definition) is 4. The highest BCUT2D eigenvalue weighted by Gasteiger charge is 2.03. The Balaban J connectivity index is 2.54. The highest BCUT2D eigenvalue weighted by molar-refractivity contribution is 5.75. The highest BCUT2D eigenvalue weighted by Crippen LogP contribution is 2.17. The van der Waals surface area contributed by atoms with E-state index in [2.05, 4.69) is 9.98 Å². The Morgan fingerprint density at radius 3 is 3.31 bits per heavy atom. The summed E-state index contributed by atoms with van der Waals surface area (Å²) in [5.41, 5.74) is 2.30. The number of carbonyl (C=O) groups excluding carboxylic acids is 1. The van der Waals surface area contributed by atoms with E-state index in [1.807, 2.05) is 18.2 Å². The lowest BCUT2D eigenvalue weighted by Crippen LogP contribution is -1.81. The van der Waals surface area contributed by atoms with Crippen LogP contribution in [0, 0.1) is 0 Å². The van der Waals surface area contributed by atoms with Crippen LogP contribution in [0.2, 0.25) is 0 Å². The molecule has 0 unspecified atom stereocenters. The number of aliphatic imine (C=N–C) groups is 1. The molecule has 0 N–H and O–H groups in total. The number of rotatable bonds is 2. The second-order valence-corrected chi connectivity index (χ2v) is 2.53. The molecule has 0 bridgehead atoms. The first-order valence-electron chi connectivity index (χ1n) is 3.76. The molecule has 0 fully saturated rings. The van der Waals surface area contributed by atoms with Crippen molar-refractivity contribution >= 4 is 17.2 Å². The first-order valence-corrected chi connectivity index (χ1v) is 3.76. The third-order valence-electron chi connectivity index (χ3n) is 1.75. The van der Waals surface area contributed by atoms with Gasteiger partial charge in [0.05, 0.1) is 6.54 Å². The summed E-state index contributed by atoms with van der Waals surface area (Å²) in [7, 11) is 0. The first-order chi connectivity index (χ1) is 6.42. The van der Waals surface area contributed by atoms with Crippen molar-refractivity contribution in [2.24, 2.45) is 4.99 Å². The Hall–Kier alpha value is -1.93. The van der Waals surface area contributed by atoms with Gasteiger partial charge in [0, 0.05) is 5.56 Å². The number of nitrogens with zero attached hydrogens (tertiary/aromatic N) is 2. The summed E-state index contributed by atoms with van der Waals surface area (Å²) in [6.45, 7) is 0.288. The minimum Gasteiger partial charge on any atom is -0.443 e. The van der Waals surface area contributed by atoms with Crippen molar-refractivity contribution < 1.29 is 9.21 Å². The number of isocyanates is 1. The second-order valence-electron chi connectivity index (χ2n) is 2.53. The third kappa shape index (κ3) is 1.35. The average molecular weight is 174 g/mol. The number of benzene rings is 1. The van der Waals surface area contributed by atoms with Crippen LogP contribution >= 0.6 is 0 Å². The normalized spacial score (nSPS) is 9.85. The van der Waals surface area contributed by atoms with Crippen LogP contribution in [-0.4, -0.2) is 11.1 Å². The molecule has 1 aromatic heterocycles. The van der Waals surface area contributed by atoms with Crippen molar-refractivity contribution in [1.82, 2.24) is 4.98 Å². The molecule has 0 aliphatic carbocycles. The summed E-state index contributed by atoms with van der Waals surface area (Å²) in [6.07, 6.45) is 2.86. The van der Waals surface area contributed by atoms with Crippen molar-refractivity contribution in [1.29, 1.82) is 0 Å². The molecule has 0 amide bonds. The molecule has 64 valence electrons. The van der Waals surface area contributed by atoms with Crippen molar-refractivity contribution in [2.75, 3.05) is 0 Å². The van der Waals surface area contributed by atoms with Gasteiger partial charge in [-0.1, -0.05) is 12.1 Å². The number of hydrogen-bond donors (Lipinski definition) is 0. The molecule has 0 saturated carbocycles. The van der Waals surface area contributed by atoms with Crippen molar-refractivity contribution in [2.45, 2.75) is 6.54 Å². The molecule has 1 aromatic carbocycles. The minimum atomic E-state index is 0.288. The van der Waals surface area contributed by atoms with Crippen LogP contribution in [0.4, 0.5) is 0 Å². The zero-order valence-corrected chi connectivity index (χ0v) is 6.73. The van der Waals surface area contributed by atoms with E-state index in [-0.39, 0.29) is 6.54 Å². The minimum absolute atomic E-state index is 0.288. The van der Waals surface area contributed by atoms with E-state index in [1.54, 1.807) is 0 Å². The highest BCUT2D eigenvalue weighted by atomic mass is 16.3. The fourth-order valence-corrected chi connectivity index (χ4v) is 1.19. The van der Waals surface area contributed by atoms with Gasteiger partial charge in [0.15, 0.2) is 12.0 Å². The first kappa shape index (κ1) is 7.71. The molecular formula is C9H6N2O2. The number of aromatic nitrogens is 1. The van der Waals surface area contributed by atoms with E-state index in [1.165, 1.54) is 12.5 Å². The molecule has 0 aliphatic rings. The molecule has 2 rings (SSSR count). The fourth-order valence-electron chi connectivity index (χ4n) is 1.19. The van der Waals surface area contributed by atoms with E-state index in [4.69, 9.17) is 4.42 Å². The summed E-state index contributed by atoms with van der Waals surface area (Å²) in [6, 6.07) is 5.53. The Labute approximate surface area is 73.9 Å². The Morgan fingerprint density at radius 2 is 2.46 bits per heavy atom. The molecule has 0 aliphatic heterocycles. The molecule has 0 radical (unpaired) electrons. The van der Waals surface area contributed by atoms with Gasteiger partial charge in [0.1, 0.15) is 5.52 Å². The van der Waals surface area contributed by atoms with Crippen LogP contribution in [0.25, 0.3) is 11.1 Å². The lowest BCUT2D eigenvalue weighted by atomic mass is 10.2. The SMILES string of the molecule is O=C=NCc1cccc2ncoc12. The van der Waals surface area contributed by atoms with Crippen LogP contribution in [0.3, 0.4) is 0 Å². The quantitative estimate of drug-likeness (QED) is 0.514. The summed E-state index contributed by atoms with van der Waals surface area (Å²) in [4.78, 5) is 17.4. The van der Waals surface area contributed by atoms with Gasteiger partial charge < -0.3 is 4.42 Å². The van der Waals surface area contributed by atoms with Crippen LogP contribution in [0.5, 0.6) is 0 Å². The van der Waals surface area contributed by atoms with Gasteiger partial charge in [0.25, 0.3) is 0 Å². The zero-order chi connectivity index (χ0) is 9.10. The third-order valence-corrected chi connectivity index (χ3v) is 1.75. The van der Waals surface area contributed by atoms with Crippen molar-refractivity contribution in [3.05, 3.63) is 30.2 Å². The summed E-state index contributed by atoms with van der Waals surface area (Å²) in [5, 5.41) is 0. The summed E-state index contributed by atoms with van der Waals surface area (Å²) in [5.74, 6) is 0. The monoisotopic (exact) mass is 174 g/mol. The van der Waals surface area contributed by atoms with E-state index in [0.29, 0.717) is 5.58 Å². The van der Waals surface area contributed by atoms with Crippen LogP contribution in [0.1, 0.15) is 5.56 Å². The average Bonchev–Trinajstić information content (AvgIpc) is 2.62. The molecule has 0 saturated heterocycles. The maximum atomic E-state index is 9.91. The number of fused-ring (bicyclic) bond motifs is 1. The predicted octanol–water partition coefficient (Wildman–Crippen LogP) is 1.66. The topological polar surface area (TPSA) is 55.5 Å². The number of para-hydroxylation sites is 1. The van der Waals surface area contributed by atoms with E-state index >= 15 is 0 Å². The fraction of sp³-hybridized carbons (Fsp3) is 0.111. The van der Waals surface area contributed by atoms with Crippen LogP contribution in [-0.2, 0) is 11.3 Å². The number of oxazole rings is 1. The smallest absolute Gasteiger partial charge is 0.235 e. The van der Waals surface area contributed by atoms with E-state index in [9.17, 15) is 4.79 Å². The van der Waals surface area contributed by atoms with Gasteiger partial charge in [-0.25, -0.2) is 14.8 Å². The molecule has 13 heavy (non-hydrogen) atoms. The zero-order valence-electron chi connectivity index (χ0n) is 6.73. The Bertz CT molecular complexity index is 469. The Kier molecular flexibility index (Phi) is 1.90. The maximum Gasteiger partial charge on any atom is 0.235 e. The van der Waals surface area contributed by atoms with Gasteiger partial charge in [0.2, 0.25) is 6.08 Å². The van der Waals surface area contributed by atoms with Gasteiger partial charge in [-0.15, -0.1) is 0 Å². The molecule has 2 aromatic rings. The second kappa shape index (κ2) is 3.21. The molecule has 4 heteroatoms. The molecule has 4 nitrogen and oxygen atoms in total. The molecule has 0 atom stereocenters. The van der Waals surface area contributed by atoms with Gasteiger partial charge in [-0.3, -0.25) is 0 Å². The van der Waals surface area contributed by atoms with Gasteiger partial charge in [-0.05, 0) is 6.07 Å². The predicted molar refractivity (Wildman–Crippen MR) is 45.8 cm³/mol. The summed E-state index contributed by atoms with van der Waals surface area (Å²) < 4.78 is 5.15. The standard InChI is InChI=1S/C9H6N2O2/c12-5-10-4-7-2-1-3-8-9(7)13-6-11-8/h1-3,6H,4H2. The molecule has 0 spiro atoms. The van der Waals surface area contributed by atoms with Crippen LogP contribution in [0.15, 0.2) is 34.0 Å². The Morgan fingerprint density at radius 1 is 1.54 bits per heavy atom. The van der Waals surface area contributed by atoms with E-state index < -0.39 is 0 Å². The summed E-state index contributed by atoms with van der Waals surface area (Å²) >= 11 is 0. The lowest BCUT2D eigenvalue weighted by molar-refractivity contribution is 0.562. The largest absolute Gasteiger partial charge is 0.443 e. The van der Waals surface area contributed by atoms with E-state index in [0.717, 1.165) is 11.1 Å². The molecular weight excluding hydrogens is 168 g/mol. The van der Waals surface area contributed by atoms with Gasteiger partial charge in [-0.2, -0.15) is 0 Å². The maximum absolute atomic E-state index is 9.91. The van der Waals surface area contributed by atoms with Crippen molar-refractivity contribution in [3.63, 3.8) is 0 Å².